The number of nitrogens with zero attached hydrogens (tertiary/aromatic N) is 1. The standard InChI is InChI=1S/C18H20BrN3O2.2ClH/c1-12-11-14(8-10-20-12)22-17(23)16-3-2-9-21-18(16)24-15-6-4-13(19)5-7-15;;/h2-7,9,12,14,20H,8,10-11H2,1H3,(H,22,23);2*1H. The Bertz CT molecular complexity index is 716. The first-order valence-electron chi connectivity index (χ1n) is 8.04. The van der Waals surface area contributed by atoms with Crippen molar-refractivity contribution in [1.29, 1.82) is 0 Å². The summed E-state index contributed by atoms with van der Waals surface area (Å²) in [7, 11) is 0. The van der Waals surface area contributed by atoms with Crippen LogP contribution >= 0.6 is 40.7 Å². The molecular weight excluding hydrogens is 441 g/mol. The molecule has 0 bridgehead atoms. The number of aromatic nitrogens is 1. The van der Waals surface area contributed by atoms with E-state index < -0.39 is 0 Å². The largest absolute Gasteiger partial charge is 0.438 e. The summed E-state index contributed by atoms with van der Waals surface area (Å²) in [5.41, 5.74) is 0.451. The number of benzene rings is 1. The zero-order valence-electron chi connectivity index (χ0n) is 14.3. The Morgan fingerprint density at radius 2 is 2.00 bits per heavy atom. The van der Waals surface area contributed by atoms with Gasteiger partial charge in [0, 0.05) is 22.8 Å². The molecular formula is C18H22BrCl2N3O2. The van der Waals surface area contributed by atoms with E-state index >= 15 is 0 Å². The third-order valence-electron chi connectivity index (χ3n) is 4.00. The Balaban J connectivity index is 0.00000169. The summed E-state index contributed by atoms with van der Waals surface area (Å²) in [6.07, 6.45) is 3.48. The van der Waals surface area contributed by atoms with Crippen molar-refractivity contribution in [2.45, 2.75) is 31.8 Å². The van der Waals surface area contributed by atoms with Crippen molar-refractivity contribution in [2.75, 3.05) is 6.54 Å². The number of piperidine rings is 1. The molecule has 3 rings (SSSR count). The van der Waals surface area contributed by atoms with Crippen LogP contribution in [0.4, 0.5) is 0 Å². The van der Waals surface area contributed by atoms with Gasteiger partial charge in [-0.3, -0.25) is 4.79 Å². The van der Waals surface area contributed by atoms with E-state index in [9.17, 15) is 4.79 Å². The quantitative estimate of drug-likeness (QED) is 0.708. The van der Waals surface area contributed by atoms with E-state index in [-0.39, 0.29) is 36.8 Å². The Hall–Kier alpha value is -1.34. The summed E-state index contributed by atoms with van der Waals surface area (Å²) in [5, 5.41) is 6.48. The number of carbonyl (C=O) groups is 1. The van der Waals surface area contributed by atoms with Gasteiger partial charge >= 0.3 is 0 Å². The lowest BCUT2D eigenvalue weighted by Crippen LogP contribution is -2.46. The molecule has 0 saturated carbocycles. The lowest BCUT2D eigenvalue weighted by atomic mass is 10.0. The number of halogens is 3. The van der Waals surface area contributed by atoms with Crippen molar-refractivity contribution in [3.63, 3.8) is 0 Å². The molecule has 1 aliphatic rings. The fourth-order valence-electron chi connectivity index (χ4n) is 2.79. The van der Waals surface area contributed by atoms with Gasteiger partial charge in [-0.25, -0.2) is 4.98 Å². The van der Waals surface area contributed by atoms with Crippen LogP contribution in [0.3, 0.4) is 0 Å². The average molecular weight is 463 g/mol. The van der Waals surface area contributed by atoms with E-state index in [0.29, 0.717) is 23.2 Å². The summed E-state index contributed by atoms with van der Waals surface area (Å²) in [6.45, 7) is 3.05. The van der Waals surface area contributed by atoms with E-state index in [1.807, 2.05) is 24.3 Å². The highest BCUT2D eigenvalue weighted by atomic mass is 79.9. The Kier molecular flexibility index (Phi) is 9.36. The summed E-state index contributed by atoms with van der Waals surface area (Å²) >= 11 is 3.39. The van der Waals surface area contributed by atoms with Gasteiger partial charge in [0.25, 0.3) is 5.91 Å². The van der Waals surface area contributed by atoms with Gasteiger partial charge in [-0.1, -0.05) is 15.9 Å². The van der Waals surface area contributed by atoms with Crippen LogP contribution in [0.25, 0.3) is 0 Å². The second-order valence-corrected chi connectivity index (χ2v) is 6.88. The lowest BCUT2D eigenvalue weighted by molar-refractivity contribution is 0.0922. The molecule has 26 heavy (non-hydrogen) atoms. The molecule has 2 N–H and O–H groups in total. The van der Waals surface area contributed by atoms with Crippen molar-refractivity contribution in [3.05, 3.63) is 52.6 Å². The van der Waals surface area contributed by atoms with E-state index in [4.69, 9.17) is 4.74 Å². The Labute approximate surface area is 174 Å². The van der Waals surface area contributed by atoms with Crippen LogP contribution in [0.5, 0.6) is 11.6 Å². The van der Waals surface area contributed by atoms with E-state index in [1.54, 1.807) is 18.3 Å². The predicted molar refractivity (Wildman–Crippen MR) is 111 cm³/mol. The first-order valence-corrected chi connectivity index (χ1v) is 8.84. The zero-order chi connectivity index (χ0) is 16.9. The third-order valence-corrected chi connectivity index (χ3v) is 4.53. The number of rotatable bonds is 4. The van der Waals surface area contributed by atoms with E-state index in [0.717, 1.165) is 23.9 Å². The highest BCUT2D eigenvalue weighted by molar-refractivity contribution is 9.10. The van der Waals surface area contributed by atoms with E-state index in [1.165, 1.54) is 0 Å². The second kappa shape index (κ2) is 10.7. The minimum absolute atomic E-state index is 0. The molecule has 0 radical (unpaired) electrons. The van der Waals surface area contributed by atoms with Gasteiger partial charge < -0.3 is 15.4 Å². The molecule has 142 valence electrons. The van der Waals surface area contributed by atoms with Gasteiger partial charge in [0.1, 0.15) is 11.3 Å². The van der Waals surface area contributed by atoms with Gasteiger partial charge in [0.2, 0.25) is 5.88 Å². The second-order valence-electron chi connectivity index (χ2n) is 5.96. The van der Waals surface area contributed by atoms with Crippen molar-refractivity contribution >= 4 is 46.7 Å². The van der Waals surface area contributed by atoms with Crippen LogP contribution in [-0.4, -0.2) is 29.5 Å². The van der Waals surface area contributed by atoms with Crippen LogP contribution < -0.4 is 15.4 Å². The van der Waals surface area contributed by atoms with Crippen LogP contribution in [0.1, 0.15) is 30.1 Å². The molecule has 5 nitrogen and oxygen atoms in total. The fourth-order valence-corrected chi connectivity index (χ4v) is 3.05. The molecule has 1 aliphatic heterocycles. The number of nitrogens with one attached hydrogen (secondary N) is 2. The normalized spacial score (nSPS) is 18.8. The number of hydrogen-bond donors (Lipinski definition) is 2. The smallest absolute Gasteiger partial charge is 0.257 e. The molecule has 2 unspecified atom stereocenters. The summed E-state index contributed by atoms with van der Waals surface area (Å²) < 4.78 is 6.76. The van der Waals surface area contributed by atoms with Gasteiger partial charge in [-0.15, -0.1) is 24.8 Å². The molecule has 0 aliphatic carbocycles. The molecule has 2 atom stereocenters. The average Bonchev–Trinajstić information content (AvgIpc) is 2.57. The van der Waals surface area contributed by atoms with Gasteiger partial charge in [0.05, 0.1) is 0 Å². The monoisotopic (exact) mass is 461 g/mol. The molecule has 0 spiro atoms. The van der Waals surface area contributed by atoms with Crippen molar-refractivity contribution in [1.82, 2.24) is 15.6 Å². The number of hydrogen-bond acceptors (Lipinski definition) is 4. The lowest BCUT2D eigenvalue weighted by Gasteiger charge is -2.28. The predicted octanol–water partition coefficient (Wildman–Crippen LogP) is 4.35. The first-order chi connectivity index (χ1) is 11.6. The maximum absolute atomic E-state index is 12.6. The minimum atomic E-state index is -0.144. The Morgan fingerprint density at radius 1 is 1.27 bits per heavy atom. The molecule has 2 aromatic rings. The zero-order valence-corrected chi connectivity index (χ0v) is 17.5. The van der Waals surface area contributed by atoms with Crippen molar-refractivity contribution < 1.29 is 9.53 Å². The van der Waals surface area contributed by atoms with Crippen LogP contribution in [0, 0.1) is 0 Å². The highest BCUT2D eigenvalue weighted by Crippen LogP contribution is 2.24. The number of carbonyl (C=O) groups excluding carboxylic acids is 1. The van der Waals surface area contributed by atoms with Crippen LogP contribution in [0.15, 0.2) is 47.1 Å². The summed E-state index contributed by atoms with van der Waals surface area (Å²) in [4.78, 5) is 16.8. The van der Waals surface area contributed by atoms with Crippen LogP contribution in [-0.2, 0) is 0 Å². The fraction of sp³-hybridized carbons (Fsp3) is 0.333. The SMILES string of the molecule is CC1CC(NC(=O)c2cccnc2Oc2ccc(Br)cc2)CCN1.Cl.Cl. The molecule has 1 fully saturated rings. The molecule has 2 heterocycles. The molecule has 8 heteroatoms. The van der Waals surface area contributed by atoms with Gasteiger partial charge in [-0.2, -0.15) is 0 Å². The summed E-state index contributed by atoms with van der Waals surface area (Å²) in [6, 6.07) is 11.5. The number of amides is 1. The van der Waals surface area contributed by atoms with Gasteiger partial charge in [-0.05, 0) is 62.7 Å². The maximum atomic E-state index is 12.6. The molecule has 1 amide bonds. The molecule has 1 aromatic heterocycles. The number of ether oxygens (including phenoxy) is 1. The minimum Gasteiger partial charge on any atom is -0.438 e. The molecule has 1 aromatic carbocycles. The van der Waals surface area contributed by atoms with Crippen LogP contribution in [0.2, 0.25) is 0 Å². The third kappa shape index (κ3) is 6.13. The first kappa shape index (κ1) is 22.7. The Morgan fingerprint density at radius 3 is 2.69 bits per heavy atom. The molecule has 1 saturated heterocycles. The highest BCUT2D eigenvalue weighted by Gasteiger charge is 2.22. The van der Waals surface area contributed by atoms with Crippen molar-refractivity contribution in [2.24, 2.45) is 0 Å². The summed E-state index contributed by atoms with van der Waals surface area (Å²) in [5.74, 6) is 0.815. The maximum Gasteiger partial charge on any atom is 0.257 e. The topological polar surface area (TPSA) is 63.2 Å². The van der Waals surface area contributed by atoms with Crippen molar-refractivity contribution in [3.8, 4) is 11.6 Å². The van der Waals surface area contributed by atoms with Gasteiger partial charge in [0.15, 0.2) is 0 Å². The van der Waals surface area contributed by atoms with E-state index in [2.05, 4.69) is 38.5 Å². The number of pyridine rings is 1.